The molecular formula is C11H12N2O2S. The molecule has 1 aliphatic heterocycles. The van der Waals surface area contributed by atoms with E-state index >= 15 is 0 Å². The second-order valence-electron chi connectivity index (χ2n) is 3.51. The number of likely N-dealkylation sites (N-methyl/N-ethyl adjacent to an activating group) is 1. The number of aryl methyl sites for hydroxylation is 1. The molecule has 3 amide bonds. The van der Waals surface area contributed by atoms with Crippen LogP contribution in [0.4, 0.5) is 4.79 Å². The third-order valence-electron chi connectivity index (χ3n) is 2.46. The molecule has 2 rings (SSSR count). The Morgan fingerprint density at radius 2 is 2.25 bits per heavy atom. The van der Waals surface area contributed by atoms with E-state index in [0.717, 1.165) is 10.4 Å². The molecular weight excluding hydrogens is 224 g/mol. The number of carbonyl (C=O) groups is 2. The Morgan fingerprint density at radius 1 is 1.50 bits per heavy atom. The highest BCUT2D eigenvalue weighted by Gasteiger charge is 2.32. The summed E-state index contributed by atoms with van der Waals surface area (Å²) in [5.74, 6) is -0.250. The molecule has 0 aromatic carbocycles. The van der Waals surface area contributed by atoms with Crippen LogP contribution < -0.4 is 5.32 Å². The van der Waals surface area contributed by atoms with Gasteiger partial charge in [0.2, 0.25) is 0 Å². The number of rotatable bonds is 2. The minimum absolute atomic E-state index is 0.250. The summed E-state index contributed by atoms with van der Waals surface area (Å²) in [6.07, 6.45) is 1.73. The van der Waals surface area contributed by atoms with Crippen molar-refractivity contribution < 1.29 is 9.59 Å². The lowest BCUT2D eigenvalue weighted by molar-refractivity contribution is -0.122. The Labute approximate surface area is 97.6 Å². The first-order chi connectivity index (χ1) is 7.63. The number of thiophene rings is 1. The largest absolute Gasteiger partial charge is 0.328 e. The van der Waals surface area contributed by atoms with Crippen LogP contribution in [0.2, 0.25) is 0 Å². The van der Waals surface area contributed by atoms with Gasteiger partial charge >= 0.3 is 6.03 Å². The van der Waals surface area contributed by atoms with E-state index < -0.39 is 0 Å². The highest BCUT2D eigenvalue weighted by molar-refractivity contribution is 7.11. The van der Waals surface area contributed by atoms with Crippen molar-refractivity contribution in [1.82, 2.24) is 10.2 Å². The van der Waals surface area contributed by atoms with E-state index in [2.05, 4.69) is 5.32 Å². The van der Waals surface area contributed by atoms with E-state index in [9.17, 15) is 9.59 Å². The number of imide groups is 1. The fourth-order valence-electron chi connectivity index (χ4n) is 1.52. The van der Waals surface area contributed by atoms with Crippen molar-refractivity contribution in [3.8, 4) is 0 Å². The van der Waals surface area contributed by atoms with Crippen molar-refractivity contribution in [2.24, 2.45) is 0 Å². The summed E-state index contributed by atoms with van der Waals surface area (Å²) in [5.41, 5.74) is 1.46. The molecule has 0 spiro atoms. The van der Waals surface area contributed by atoms with Gasteiger partial charge in [0.15, 0.2) is 0 Å². The van der Waals surface area contributed by atoms with E-state index in [-0.39, 0.29) is 11.9 Å². The van der Waals surface area contributed by atoms with E-state index in [1.807, 2.05) is 18.4 Å². The Kier molecular flexibility index (Phi) is 2.78. The molecule has 0 radical (unpaired) electrons. The molecule has 0 bridgehead atoms. The molecule has 0 atom stereocenters. The molecule has 1 saturated heterocycles. The Bertz CT molecular complexity index is 476. The zero-order valence-electron chi connectivity index (χ0n) is 9.11. The maximum atomic E-state index is 11.8. The summed E-state index contributed by atoms with van der Waals surface area (Å²) in [5, 5.41) is 4.53. The second kappa shape index (κ2) is 4.09. The molecule has 1 N–H and O–H groups in total. The predicted molar refractivity (Wildman–Crippen MR) is 63.0 cm³/mol. The van der Waals surface area contributed by atoms with Crippen LogP contribution in [0, 0.1) is 6.92 Å². The molecule has 5 heteroatoms. The molecule has 84 valence electrons. The summed E-state index contributed by atoms with van der Waals surface area (Å²) in [6.45, 7) is 4.14. The van der Waals surface area contributed by atoms with Crippen LogP contribution in [-0.4, -0.2) is 23.4 Å². The number of hydrogen-bond donors (Lipinski definition) is 1. The van der Waals surface area contributed by atoms with Gasteiger partial charge in [0.05, 0.1) is 0 Å². The normalized spacial score (nSPS) is 18.4. The first-order valence-electron chi connectivity index (χ1n) is 5.02. The first kappa shape index (κ1) is 10.9. The number of amides is 3. The van der Waals surface area contributed by atoms with Crippen molar-refractivity contribution in [2.45, 2.75) is 13.8 Å². The van der Waals surface area contributed by atoms with Gasteiger partial charge in [-0.15, -0.1) is 11.3 Å². The third-order valence-corrected chi connectivity index (χ3v) is 3.42. The number of nitrogens with one attached hydrogen (secondary N) is 1. The van der Waals surface area contributed by atoms with Gasteiger partial charge < -0.3 is 5.32 Å². The van der Waals surface area contributed by atoms with Crippen LogP contribution in [0.15, 0.2) is 17.1 Å². The van der Waals surface area contributed by atoms with Crippen molar-refractivity contribution in [3.05, 3.63) is 27.6 Å². The number of carbonyl (C=O) groups excluding carboxylic acids is 2. The Hall–Kier alpha value is -1.62. The van der Waals surface area contributed by atoms with Crippen molar-refractivity contribution in [1.29, 1.82) is 0 Å². The zero-order chi connectivity index (χ0) is 11.7. The van der Waals surface area contributed by atoms with Crippen LogP contribution in [0.1, 0.15) is 17.4 Å². The smallest absolute Gasteiger partial charge is 0.303 e. The fraction of sp³-hybridized carbons (Fsp3) is 0.273. The number of nitrogens with zero attached hydrogens (tertiary/aromatic N) is 1. The van der Waals surface area contributed by atoms with E-state index in [0.29, 0.717) is 12.2 Å². The van der Waals surface area contributed by atoms with Crippen molar-refractivity contribution in [2.75, 3.05) is 6.54 Å². The summed E-state index contributed by atoms with van der Waals surface area (Å²) < 4.78 is 0. The number of hydrogen-bond acceptors (Lipinski definition) is 3. The molecule has 0 saturated carbocycles. The second-order valence-corrected chi connectivity index (χ2v) is 4.45. The Morgan fingerprint density at radius 3 is 2.75 bits per heavy atom. The van der Waals surface area contributed by atoms with Crippen LogP contribution in [0.3, 0.4) is 0 Å². The lowest BCUT2D eigenvalue weighted by atomic mass is 10.2. The van der Waals surface area contributed by atoms with E-state index in [1.165, 1.54) is 4.90 Å². The molecule has 0 aliphatic carbocycles. The highest BCUT2D eigenvalue weighted by Crippen LogP contribution is 2.20. The molecule has 1 fully saturated rings. The fourth-order valence-corrected chi connectivity index (χ4v) is 2.38. The van der Waals surface area contributed by atoms with Gasteiger partial charge in [0, 0.05) is 11.4 Å². The lowest BCUT2D eigenvalue weighted by Crippen LogP contribution is -2.30. The van der Waals surface area contributed by atoms with Crippen LogP contribution >= 0.6 is 11.3 Å². The van der Waals surface area contributed by atoms with Gasteiger partial charge in [0.25, 0.3) is 5.91 Å². The van der Waals surface area contributed by atoms with Crippen LogP contribution in [0.25, 0.3) is 6.08 Å². The van der Waals surface area contributed by atoms with Gasteiger partial charge in [-0.05, 0) is 36.9 Å². The van der Waals surface area contributed by atoms with Crippen LogP contribution in [-0.2, 0) is 4.79 Å². The van der Waals surface area contributed by atoms with Gasteiger partial charge in [-0.3, -0.25) is 9.69 Å². The maximum absolute atomic E-state index is 11.8. The SMILES string of the molecule is CCN1C(=O)N/C(=C\c2sccc2C)C1=O. The summed E-state index contributed by atoms with van der Waals surface area (Å²) in [4.78, 5) is 25.4. The van der Waals surface area contributed by atoms with Crippen LogP contribution in [0.5, 0.6) is 0 Å². The van der Waals surface area contributed by atoms with Gasteiger partial charge in [-0.2, -0.15) is 0 Å². The van der Waals surface area contributed by atoms with Gasteiger partial charge in [0.1, 0.15) is 5.70 Å². The average Bonchev–Trinajstić information content (AvgIpc) is 2.74. The molecule has 1 aromatic heterocycles. The van der Waals surface area contributed by atoms with Gasteiger partial charge in [-0.1, -0.05) is 0 Å². The zero-order valence-corrected chi connectivity index (χ0v) is 9.93. The summed E-state index contributed by atoms with van der Waals surface area (Å²) in [7, 11) is 0. The third kappa shape index (κ3) is 1.74. The molecule has 4 nitrogen and oxygen atoms in total. The number of urea groups is 1. The molecule has 16 heavy (non-hydrogen) atoms. The maximum Gasteiger partial charge on any atom is 0.328 e. The van der Waals surface area contributed by atoms with Crippen molar-refractivity contribution >= 4 is 29.4 Å². The molecule has 2 heterocycles. The summed E-state index contributed by atoms with van der Waals surface area (Å²) in [6, 6.07) is 1.64. The minimum atomic E-state index is -0.340. The molecule has 1 aliphatic rings. The highest BCUT2D eigenvalue weighted by atomic mass is 32.1. The Balaban J connectivity index is 2.31. The first-order valence-corrected chi connectivity index (χ1v) is 5.90. The minimum Gasteiger partial charge on any atom is -0.303 e. The van der Waals surface area contributed by atoms with Gasteiger partial charge in [-0.25, -0.2) is 4.79 Å². The standard InChI is InChI=1S/C11H12N2O2S/c1-3-13-10(14)8(12-11(13)15)6-9-7(2)4-5-16-9/h4-6H,3H2,1-2H3,(H,12,15)/b8-6-. The predicted octanol–water partition coefficient (Wildman–Crippen LogP) is 1.97. The molecule has 1 aromatic rings. The average molecular weight is 236 g/mol. The molecule has 0 unspecified atom stereocenters. The lowest BCUT2D eigenvalue weighted by Gasteiger charge is -2.05. The van der Waals surface area contributed by atoms with Crippen molar-refractivity contribution in [3.63, 3.8) is 0 Å². The quantitative estimate of drug-likeness (QED) is 0.630. The summed E-state index contributed by atoms with van der Waals surface area (Å²) >= 11 is 1.55. The topological polar surface area (TPSA) is 49.4 Å². The monoisotopic (exact) mass is 236 g/mol. The van der Waals surface area contributed by atoms with E-state index in [1.54, 1.807) is 24.3 Å². The van der Waals surface area contributed by atoms with E-state index in [4.69, 9.17) is 0 Å².